The summed E-state index contributed by atoms with van der Waals surface area (Å²) in [5, 5.41) is 2.92. The van der Waals surface area contributed by atoms with Gasteiger partial charge < -0.3 is 10.2 Å². The minimum atomic E-state index is 0.0147. The van der Waals surface area contributed by atoms with Crippen LogP contribution in [0.4, 0.5) is 5.69 Å². The second kappa shape index (κ2) is 8.48. The zero-order valence-corrected chi connectivity index (χ0v) is 15.1. The van der Waals surface area contributed by atoms with E-state index in [2.05, 4.69) is 22.0 Å². The summed E-state index contributed by atoms with van der Waals surface area (Å²) in [6, 6.07) is 9.54. The molecule has 0 aliphatic carbocycles. The molecular formula is C20H29N3O2. The molecule has 2 saturated heterocycles. The minimum absolute atomic E-state index is 0.0147. The predicted molar refractivity (Wildman–Crippen MR) is 99.2 cm³/mol. The molecule has 1 aromatic carbocycles. The van der Waals surface area contributed by atoms with Gasteiger partial charge in [0, 0.05) is 24.7 Å². The van der Waals surface area contributed by atoms with Crippen molar-refractivity contribution in [3.63, 3.8) is 0 Å². The van der Waals surface area contributed by atoms with E-state index in [0.29, 0.717) is 18.4 Å². The molecule has 2 aliphatic rings. The average molecular weight is 343 g/mol. The Balaban J connectivity index is 1.42. The van der Waals surface area contributed by atoms with Gasteiger partial charge in [-0.05, 0) is 56.8 Å². The molecule has 0 unspecified atom stereocenters. The van der Waals surface area contributed by atoms with Gasteiger partial charge in [-0.3, -0.25) is 14.5 Å². The van der Waals surface area contributed by atoms with Crippen LogP contribution >= 0.6 is 0 Å². The van der Waals surface area contributed by atoms with Crippen molar-refractivity contribution in [3.8, 4) is 0 Å². The highest BCUT2D eigenvalue weighted by atomic mass is 16.2. The third-order valence-corrected chi connectivity index (χ3v) is 5.33. The van der Waals surface area contributed by atoms with Crippen molar-refractivity contribution in [2.45, 2.75) is 32.6 Å². The van der Waals surface area contributed by atoms with Gasteiger partial charge in [-0.2, -0.15) is 0 Å². The summed E-state index contributed by atoms with van der Waals surface area (Å²) in [4.78, 5) is 29.1. The van der Waals surface area contributed by atoms with E-state index in [1.165, 1.54) is 6.42 Å². The van der Waals surface area contributed by atoms with Crippen molar-refractivity contribution in [2.24, 2.45) is 11.8 Å². The molecule has 25 heavy (non-hydrogen) atoms. The summed E-state index contributed by atoms with van der Waals surface area (Å²) in [7, 11) is 0. The van der Waals surface area contributed by atoms with Gasteiger partial charge in [0.05, 0.1) is 6.54 Å². The maximum Gasteiger partial charge on any atom is 0.238 e. The van der Waals surface area contributed by atoms with Crippen LogP contribution in [-0.4, -0.2) is 54.3 Å². The topological polar surface area (TPSA) is 52.7 Å². The molecule has 0 aromatic heterocycles. The number of carbonyl (C=O) groups excluding carboxylic acids is 2. The monoisotopic (exact) mass is 343 g/mol. The van der Waals surface area contributed by atoms with Crippen LogP contribution in [0.25, 0.3) is 0 Å². The minimum Gasteiger partial charge on any atom is -0.342 e. The number of benzene rings is 1. The number of likely N-dealkylation sites (tertiary alicyclic amines) is 2. The van der Waals surface area contributed by atoms with Crippen LogP contribution in [0.3, 0.4) is 0 Å². The number of anilines is 1. The van der Waals surface area contributed by atoms with Crippen LogP contribution in [0.2, 0.25) is 0 Å². The SMILES string of the molecule is C[C@H]1CCCN(C(=O)C2CCN(CC(=O)Nc3ccccc3)CC2)C1. The third-order valence-electron chi connectivity index (χ3n) is 5.33. The number of nitrogens with one attached hydrogen (secondary N) is 1. The molecule has 2 heterocycles. The highest BCUT2D eigenvalue weighted by Crippen LogP contribution is 2.23. The number of hydrogen-bond acceptors (Lipinski definition) is 3. The van der Waals surface area contributed by atoms with Crippen LogP contribution in [0, 0.1) is 11.8 Å². The first-order chi connectivity index (χ1) is 12.1. The van der Waals surface area contributed by atoms with Gasteiger partial charge in [0.15, 0.2) is 0 Å². The fourth-order valence-corrected chi connectivity index (χ4v) is 3.91. The van der Waals surface area contributed by atoms with Crippen molar-refractivity contribution in [3.05, 3.63) is 30.3 Å². The van der Waals surface area contributed by atoms with Gasteiger partial charge in [0.1, 0.15) is 0 Å². The van der Waals surface area contributed by atoms with Crippen molar-refractivity contribution >= 4 is 17.5 Å². The molecule has 136 valence electrons. The third kappa shape index (κ3) is 5.05. The van der Waals surface area contributed by atoms with Gasteiger partial charge in [0.2, 0.25) is 11.8 Å². The number of carbonyl (C=O) groups is 2. The van der Waals surface area contributed by atoms with Crippen LogP contribution in [-0.2, 0) is 9.59 Å². The van der Waals surface area contributed by atoms with Gasteiger partial charge in [-0.1, -0.05) is 25.1 Å². The number of nitrogens with zero attached hydrogens (tertiary/aromatic N) is 2. The summed E-state index contributed by atoms with van der Waals surface area (Å²) >= 11 is 0. The predicted octanol–water partition coefficient (Wildman–Crippen LogP) is 2.60. The highest BCUT2D eigenvalue weighted by Gasteiger charge is 2.30. The van der Waals surface area contributed by atoms with Crippen LogP contribution in [0.1, 0.15) is 32.6 Å². The van der Waals surface area contributed by atoms with Crippen molar-refractivity contribution in [1.29, 1.82) is 0 Å². The molecule has 1 atom stereocenters. The number of rotatable bonds is 4. The molecule has 5 nitrogen and oxygen atoms in total. The van der Waals surface area contributed by atoms with Gasteiger partial charge >= 0.3 is 0 Å². The van der Waals surface area contributed by atoms with E-state index in [0.717, 1.165) is 51.1 Å². The van der Waals surface area contributed by atoms with Crippen molar-refractivity contribution in [1.82, 2.24) is 9.80 Å². The summed E-state index contributed by atoms with van der Waals surface area (Å²) in [5.41, 5.74) is 0.830. The quantitative estimate of drug-likeness (QED) is 0.914. The van der Waals surface area contributed by atoms with E-state index in [9.17, 15) is 9.59 Å². The van der Waals surface area contributed by atoms with E-state index < -0.39 is 0 Å². The Hall–Kier alpha value is -1.88. The first-order valence-corrected chi connectivity index (χ1v) is 9.48. The van der Waals surface area contributed by atoms with Crippen LogP contribution in [0.5, 0.6) is 0 Å². The lowest BCUT2D eigenvalue weighted by Crippen LogP contribution is -2.46. The standard InChI is InChI=1S/C20H29N3O2/c1-16-6-5-11-23(14-16)20(25)17-9-12-22(13-10-17)15-19(24)21-18-7-3-2-4-8-18/h2-4,7-8,16-17H,5-6,9-15H2,1H3,(H,21,24)/t16-/m0/s1. The van der Waals surface area contributed by atoms with Crippen molar-refractivity contribution < 1.29 is 9.59 Å². The van der Waals surface area contributed by atoms with Gasteiger partial charge in [0.25, 0.3) is 0 Å². The Kier molecular flexibility index (Phi) is 6.08. The Morgan fingerprint density at radius 3 is 2.48 bits per heavy atom. The summed E-state index contributed by atoms with van der Waals surface area (Å²) in [6.45, 7) is 6.11. The maximum absolute atomic E-state index is 12.7. The Bertz CT molecular complexity index is 582. The van der Waals surface area contributed by atoms with Crippen molar-refractivity contribution in [2.75, 3.05) is 38.0 Å². The van der Waals surface area contributed by atoms with Crippen LogP contribution in [0.15, 0.2) is 30.3 Å². The molecule has 5 heteroatoms. The molecule has 0 spiro atoms. The average Bonchev–Trinajstić information content (AvgIpc) is 2.62. The smallest absolute Gasteiger partial charge is 0.238 e. The molecule has 1 N–H and O–H groups in total. The fourth-order valence-electron chi connectivity index (χ4n) is 3.91. The van der Waals surface area contributed by atoms with E-state index in [-0.39, 0.29) is 11.8 Å². The second-order valence-corrected chi connectivity index (χ2v) is 7.50. The Morgan fingerprint density at radius 2 is 1.80 bits per heavy atom. The first-order valence-electron chi connectivity index (χ1n) is 9.48. The Labute approximate surface area is 150 Å². The van der Waals surface area contributed by atoms with E-state index in [4.69, 9.17) is 0 Å². The van der Waals surface area contributed by atoms with E-state index >= 15 is 0 Å². The Morgan fingerprint density at radius 1 is 1.08 bits per heavy atom. The van der Waals surface area contributed by atoms with Crippen LogP contribution < -0.4 is 5.32 Å². The molecular weight excluding hydrogens is 314 g/mol. The molecule has 3 rings (SSSR count). The molecule has 2 aliphatic heterocycles. The number of amides is 2. The van der Waals surface area contributed by atoms with Gasteiger partial charge in [-0.15, -0.1) is 0 Å². The second-order valence-electron chi connectivity index (χ2n) is 7.50. The normalized spacial score (nSPS) is 22.6. The number of hydrogen-bond donors (Lipinski definition) is 1. The summed E-state index contributed by atoms with van der Waals surface area (Å²) in [5.74, 6) is 1.11. The molecule has 1 aromatic rings. The summed E-state index contributed by atoms with van der Waals surface area (Å²) < 4.78 is 0. The zero-order valence-electron chi connectivity index (χ0n) is 15.1. The van der Waals surface area contributed by atoms with E-state index in [1.807, 2.05) is 30.3 Å². The maximum atomic E-state index is 12.7. The molecule has 0 radical (unpaired) electrons. The lowest BCUT2D eigenvalue weighted by Gasteiger charge is -2.37. The molecule has 0 saturated carbocycles. The number of piperidine rings is 2. The lowest BCUT2D eigenvalue weighted by atomic mass is 9.93. The number of para-hydroxylation sites is 1. The van der Waals surface area contributed by atoms with E-state index in [1.54, 1.807) is 0 Å². The highest BCUT2D eigenvalue weighted by molar-refractivity contribution is 5.92. The molecule has 0 bridgehead atoms. The first kappa shape index (κ1) is 17.9. The molecule has 2 fully saturated rings. The summed E-state index contributed by atoms with van der Waals surface area (Å²) in [6.07, 6.45) is 4.09. The fraction of sp³-hybridized carbons (Fsp3) is 0.600. The largest absolute Gasteiger partial charge is 0.342 e. The zero-order chi connectivity index (χ0) is 17.6. The van der Waals surface area contributed by atoms with Gasteiger partial charge in [-0.25, -0.2) is 0 Å². The lowest BCUT2D eigenvalue weighted by molar-refractivity contribution is -0.138. The molecule has 2 amide bonds.